The van der Waals surface area contributed by atoms with Gasteiger partial charge in [0, 0.05) is 11.1 Å². The number of hydrogen-bond donors (Lipinski definition) is 0. The second-order valence-corrected chi connectivity index (χ2v) is 3.74. The third-order valence-electron chi connectivity index (χ3n) is 1.66. The number of para-hydroxylation sites is 1. The average molecular weight is 215 g/mol. The van der Waals surface area contributed by atoms with Crippen molar-refractivity contribution in [3.05, 3.63) is 47.8 Å². The molecule has 2 aromatic rings. The van der Waals surface area contributed by atoms with Gasteiger partial charge in [-0.25, -0.2) is 4.98 Å². The molecule has 1 heterocycles. The molecule has 0 bridgehead atoms. The van der Waals surface area contributed by atoms with Gasteiger partial charge in [-0.15, -0.1) is 0 Å². The maximum absolute atomic E-state index is 8.45. The molecule has 0 aliphatic heterocycles. The fourth-order valence-corrected chi connectivity index (χ4v) is 1.70. The van der Waals surface area contributed by atoms with Crippen LogP contribution in [0.4, 0.5) is 0 Å². The molecule has 0 unspecified atom stereocenters. The van der Waals surface area contributed by atoms with E-state index in [9.17, 15) is 0 Å². The lowest BCUT2D eigenvalue weighted by Gasteiger charge is -1.98. The van der Waals surface area contributed by atoms with Gasteiger partial charge in [-0.1, -0.05) is 29.5 Å². The summed E-state index contributed by atoms with van der Waals surface area (Å²) < 4.78 is 5.48. The summed E-state index contributed by atoms with van der Waals surface area (Å²) >= 11 is 1.34. The van der Waals surface area contributed by atoms with Crippen LogP contribution in [0.3, 0.4) is 0 Å². The van der Waals surface area contributed by atoms with E-state index >= 15 is 0 Å². The van der Waals surface area contributed by atoms with Gasteiger partial charge in [-0.05, 0) is 12.1 Å². The van der Waals surface area contributed by atoms with Crippen molar-refractivity contribution < 1.29 is 4.74 Å². The molecule has 0 aliphatic rings. The fraction of sp³-hybridized carbons (Fsp3) is 0. The van der Waals surface area contributed by atoms with Crippen LogP contribution in [-0.2, 0) is 0 Å². The minimum absolute atomic E-state index is 0.544. The monoisotopic (exact) mass is 215 g/mol. The van der Waals surface area contributed by atoms with Crippen molar-refractivity contribution in [3.63, 3.8) is 0 Å². The lowest BCUT2D eigenvalue weighted by molar-refractivity contribution is 0.479. The average Bonchev–Trinajstić information content (AvgIpc) is 2.68. The summed E-state index contributed by atoms with van der Waals surface area (Å²) in [5.74, 6) is 0.746. The van der Waals surface area contributed by atoms with Crippen molar-refractivity contribution in [3.8, 4) is 17.0 Å². The number of ether oxygens (including phenoxy) is 1. The summed E-state index contributed by atoms with van der Waals surface area (Å²) in [7, 11) is 0. The Labute approximate surface area is 91.6 Å². The van der Waals surface area contributed by atoms with Gasteiger partial charge in [0.15, 0.2) is 0 Å². The van der Waals surface area contributed by atoms with Gasteiger partial charge in [-0.2, -0.15) is 5.26 Å². The Morgan fingerprint density at radius 2 is 2.13 bits per heavy atom. The quantitative estimate of drug-likeness (QED) is 0.790. The van der Waals surface area contributed by atoms with Gasteiger partial charge in [-0.3, -0.25) is 0 Å². The van der Waals surface area contributed by atoms with E-state index in [1.807, 2.05) is 36.4 Å². The number of aromatic nitrogens is 1. The molecule has 0 fully saturated rings. The first-order valence-corrected chi connectivity index (χ1v) is 5.12. The Hall–Kier alpha value is -1.86. The van der Waals surface area contributed by atoms with Gasteiger partial charge in [0.2, 0.25) is 0 Å². The highest BCUT2D eigenvalue weighted by molar-refractivity contribution is 7.13. The molecule has 73 valence electrons. The van der Waals surface area contributed by atoms with Crippen LogP contribution in [0.2, 0.25) is 0 Å². The van der Waals surface area contributed by atoms with Crippen LogP contribution in [0, 0.1) is 17.8 Å². The normalized spacial score (nSPS) is 9.53. The predicted molar refractivity (Wildman–Crippen MR) is 57.6 cm³/mol. The topological polar surface area (TPSA) is 45.9 Å². The van der Waals surface area contributed by atoms with Crippen LogP contribution >= 0.6 is 11.3 Å². The van der Waals surface area contributed by atoms with E-state index in [1.165, 1.54) is 17.8 Å². The van der Waals surface area contributed by atoms with Crippen LogP contribution in [0.5, 0.6) is 10.9 Å². The highest BCUT2D eigenvalue weighted by Crippen LogP contribution is 2.26. The third kappa shape index (κ3) is 2.55. The molecular formula is C11H7N2OS. The van der Waals surface area contributed by atoms with E-state index in [2.05, 4.69) is 4.98 Å². The minimum Gasteiger partial charge on any atom is -0.431 e. The van der Waals surface area contributed by atoms with Gasteiger partial charge in [0.25, 0.3) is 5.19 Å². The predicted octanol–water partition coefficient (Wildman–Crippen LogP) is 3.01. The Kier molecular flexibility index (Phi) is 2.96. The molecule has 0 amide bonds. The Morgan fingerprint density at radius 1 is 1.33 bits per heavy atom. The summed E-state index contributed by atoms with van der Waals surface area (Å²) in [5.41, 5.74) is 0. The van der Waals surface area contributed by atoms with Crippen LogP contribution < -0.4 is 4.74 Å². The van der Waals surface area contributed by atoms with Crippen LogP contribution in [0.1, 0.15) is 4.88 Å². The van der Waals surface area contributed by atoms with Gasteiger partial charge < -0.3 is 4.74 Å². The molecule has 0 saturated heterocycles. The molecule has 0 atom stereocenters. The molecule has 0 saturated carbocycles. The standard InChI is InChI=1S/C11H7N2OS/c12-7-6-10-8-13-11(15-10)14-9-4-2-1-3-5-9/h1-6,8H. The molecule has 1 aromatic heterocycles. The van der Waals surface area contributed by atoms with Crippen LogP contribution in [0.15, 0.2) is 36.5 Å². The molecule has 0 N–H and O–H groups in total. The maximum Gasteiger partial charge on any atom is 0.278 e. The van der Waals surface area contributed by atoms with E-state index in [1.54, 1.807) is 6.20 Å². The van der Waals surface area contributed by atoms with Crippen LogP contribution in [0.25, 0.3) is 0 Å². The first kappa shape index (κ1) is 9.69. The molecule has 0 aliphatic carbocycles. The van der Waals surface area contributed by atoms with Crippen molar-refractivity contribution in [1.82, 2.24) is 4.98 Å². The number of nitriles is 1. The highest BCUT2D eigenvalue weighted by atomic mass is 32.1. The molecule has 2 rings (SSSR count). The zero-order valence-corrected chi connectivity index (χ0v) is 8.57. The van der Waals surface area contributed by atoms with Crippen molar-refractivity contribution in [2.24, 2.45) is 0 Å². The van der Waals surface area contributed by atoms with E-state index in [0.29, 0.717) is 5.19 Å². The number of hydrogen-bond acceptors (Lipinski definition) is 4. The first-order chi connectivity index (χ1) is 7.38. The summed E-state index contributed by atoms with van der Waals surface area (Å²) in [6.07, 6.45) is 3.06. The first-order valence-electron chi connectivity index (χ1n) is 4.30. The van der Waals surface area contributed by atoms with Crippen molar-refractivity contribution in [2.45, 2.75) is 0 Å². The van der Waals surface area contributed by atoms with Gasteiger partial charge in [0.05, 0.1) is 6.07 Å². The summed E-state index contributed by atoms with van der Waals surface area (Å²) in [5, 5.41) is 9.00. The SMILES string of the molecule is N#C[CH]c1cnc(Oc2ccccc2)s1. The Balaban J connectivity index is 2.09. The molecule has 4 heteroatoms. The van der Waals surface area contributed by atoms with Gasteiger partial charge in [0.1, 0.15) is 12.2 Å². The lowest BCUT2D eigenvalue weighted by atomic mass is 10.3. The summed E-state index contributed by atoms with van der Waals surface area (Å²) in [4.78, 5) is 4.84. The molecule has 3 nitrogen and oxygen atoms in total. The Morgan fingerprint density at radius 3 is 2.87 bits per heavy atom. The summed E-state index contributed by atoms with van der Waals surface area (Å²) in [6, 6.07) is 11.4. The summed E-state index contributed by atoms with van der Waals surface area (Å²) in [6.45, 7) is 0. The van der Waals surface area contributed by atoms with Crippen LogP contribution in [-0.4, -0.2) is 4.98 Å². The molecule has 0 spiro atoms. The third-order valence-corrected chi connectivity index (χ3v) is 2.48. The minimum atomic E-state index is 0.544. The van der Waals surface area contributed by atoms with E-state index in [4.69, 9.17) is 10.00 Å². The second-order valence-electron chi connectivity index (χ2n) is 2.72. The Bertz CT molecular complexity index is 473. The van der Waals surface area contributed by atoms with E-state index in [-0.39, 0.29) is 0 Å². The van der Waals surface area contributed by atoms with Gasteiger partial charge >= 0.3 is 0 Å². The van der Waals surface area contributed by atoms with E-state index < -0.39 is 0 Å². The fourth-order valence-electron chi connectivity index (χ4n) is 1.04. The number of nitrogens with zero attached hydrogens (tertiary/aromatic N) is 2. The van der Waals surface area contributed by atoms with E-state index in [0.717, 1.165) is 10.6 Å². The van der Waals surface area contributed by atoms with Crippen molar-refractivity contribution in [1.29, 1.82) is 5.26 Å². The molecule has 1 radical (unpaired) electrons. The van der Waals surface area contributed by atoms with Crippen molar-refractivity contribution >= 4 is 11.3 Å². The molecular weight excluding hydrogens is 208 g/mol. The van der Waals surface area contributed by atoms with Crippen molar-refractivity contribution in [2.75, 3.05) is 0 Å². The maximum atomic E-state index is 8.45. The molecule has 1 aromatic carbocycles. The number of benzene rings is 1. The second kappa shape index (κ2) is 4.58. The number of thiazole rings is 1. The number of rotatable bonds is 3. The zero-order chi connectivity index (χ0) is 10.5. The lowest BCUT2D eigenvalue weighted by Crippen LogP contribution is -1.80. The zero-order valence-electron chi connectivity index (χ0n) is 7.75. The molecule has 15 heavy (non-hydrogen) atoms. The smallest absolute Gasteiger partial charge is 0.278 e. The highest BCUT2D eigenvalue weighted by Gasteiger charge is 2.03. The largest absolute Gasteiger partial charge is 0.431 e.